The standard InChI is InChI=1S/C17H16Cl2N2O3/c1-10(22)20-15-9-13(5-6-16(15)24-2)21-17(23)7-11-3-4-12(18)8-14(11)19/h3-6,8-9H,7H2,1-2H3,(H,20,22)(H,21,23). The van der Waals surface area contributed by atoms with Crippen LogP contribution in [0.1, 0.15) is 12.5 Å². The van der Waals surface area contributed by atoms with Gasteiger partial charge in [0.25, 0.3) is 0 Å². The van der Waals surface area contributed by atoms with Crippen molar-refractivity contribution in [2.45, 2.75) is 13.3 Å². The molecule has 0 aliphatic rings. The Bertz CT molecular complexity index is 778. The number of nitrogens with one attached hydrogen (secondary N) is 2. The Morgan fingerprint density at radius 2 is 1.83 bits per heavy atom. The summed E-state index contributed by atoms with van der Waals surface area (Å²) in [5.74, 6) is 0.0341. The molecule has 7 heteroatoms. The zero-order valence-electron chi connectivity index (χ0n) is 13.2. The summed E-state index contributed by atoms with van der Waals surface area (Å²) < 4.78 is 5.17. The van der Waals surface area contributed by atoms with Crippen molar-refractivity contribution >= 4 is 46.4 Å². The van der Waals surface area contributed by atoms with Gasteiger partial charge in [0.05, 0.1) is 19.2 Å². The lowest BCUT2D eigenvalue weighted by molar-refractivity contribution is -0.115. The Hall–Kier alpha value is -2.24. The van der Waals surface area contributed by atoms with Crippen molar-refractivity contribution in [2.24, 2.45) is 0 Å². The Labute approximate surface area is 149 Å². The van der Waals surface area contributed by atoms with E-state index in [9.17, 15) is 9.59 Å². The van der Waals surface area contributed by atoms with Crippen LogP contribution in [0.2, 0.25) is 10.0 Å². The Balaban J connectivity index is 2.12. The molecule has 0 aliphatic heterocycles. The molecule has 2 aromatic carbocycles. The average molecular weight is 367 g/mol. The Morgan fingerprint density at radius 3 is 2.46 bits per heavy atom. The molecule has 5 nitrogen and oxygen atoms in total. The van der Waals surface area contributed by atoms with E-state index in [1.54, 1.807) is 36.4 Å². The van der Waals surface area contributed by atoms with Gasteiger partial charge in [-0.05, 0) is 35.9 Å². The van der Waals surface area contributed by atoms with E-state index in [1.165, 1.54) is 14.0 Å². The number of ether oxygens (including phenoxy) is 1. The van der Waals surface area contributed by atoms with Crippen molar-refractivity contribution in [1.29, 1.82) is 0 Å². The predicted molar refractivity (Wildman–Crippen MR) is 96.1 cm³/mol. The van der Waals surface area contributed by atoms with Crippen molar-refractivity contribution in [3.05, 3.63) is 52.0 Å². The number of methoxy groups -OCH3 is 1. The summed E-state index contributed by atoms with van der Waals surface area (Å²) in [6.07, 6.45) is 0.109. The van der Waals surface area contributed by atoms with Crippen LogP contribution >= 0.6 is 23.2 Å². The minimum absolute atomic E-state index is 0.109. The molecule has 0 bridgehead atoms. The summed E-state index contributed by atoms with van der Waals surface area (Å²) in [7, 11) is 1.50. The van der Waals surface area contributed by atoms with E-state index >= 15 is 0 Å². The third-order valence-electron chi connectivity index (χ3n) is 3.16. The van der Waals surface area contributed by atoms with Crippen molar-refractivity contribution < 1.29 is 14.3 Å². The van der Waals surface area contributed by atoms with E-state index < -0.39 is 0 Å². The summed E-state index contributed by atoms with van der Waals surface area (Å²) in [6, 6.07) is 9.95. The molecule has 0 saturated carbocycles. The van der Waals surface area contributed by atoms with E-state index in [1.807, 2.05) is 0 Å². The van der Waals surface area contributed by atoms with E-state index in [0.717, 1.165) is 0 Å². The van der Waals surface area contributed by atoms with Gasteiger partial charge in [-0.1, -0.05) is 29.3 Å². The van der Waals surface area contributed by atoms with Gasteiger partial charge in [0.2, 0.25) is 11.8 Å². The van der Waals surface area contributed by atoms with Crippen LogP contribution in [0.4, 0.5) is 11.4 Å². The molecule has 0 aromatic heterocycles. The second-order valence-corrected chi connectivity index (χ2v) is 5.90. The lowest BCUT2D eigenvalue weighted by Crippen LogP contribution is -2.15. The molecule has 24 heavy (non-hydrogen) atoms. The fourth-order valence-corrected chi connectivity index (χ4v) is 2.59. The number of hydrogen-bond donors (Lipinski definition) is 2. The predicted octanol–water partition coefficient (Wildman–Crippen LogP) is 4.14. The van der Waals surface area contributed by atoms with Crippen LogP contribution in [0, 0.1) is 0 Å². The summed E-state index contributed by atoms with van der Waals surface area (Å²) in [5, 5.41) is 6.36. The van der Waals surface area contributed by atoms with Gasteiger partial charge in [0, 0.05) is 22.7 Å². The van der Waals surface area contributed by atoms with Gasteiger partial charge >= 0.3 is 0 Å². The lowest BCUT2D eigenvalue weighted by Gasteiger charge is -2.12. The number of benzene rings is 2. The highest BCUT2D eigenvalue weighted by Crippen LogP contribution is 2.28. The fourth-order valence-electron chi connectivity index (χ4n) is 2.12. The summed E-state index contributed by atoms with van der Waals surface area (Å²) >= 11 is 11.9. The molecule has 2 rings (SSSR count). The first-order valence-electron chi connectivity index (χ1n) is 7.08. The highest BCUT2D eigenvalue weighted by molar-refractivity contribution is 6.35. The van der Waals surface area contributed by atoms with Crippen LogP contribution in [0.3, 0.4) is 0 Å². The van der Waals surface area contributed by atoms with Gasteiger partial charge in [-0.2, -0.15) is 0 Å². The normalized spacial score (nSPS) is 10.2. The molecule has 2 aromatic rings. The summed E-state index contributed by atoms with van der Waals surface area (Å²) in [4.78, 5) is 23.4. The number of hydrogen-bond acceptors (Lipinski definition) is 3. The number of anilines is 2. The minimum Gasteiger partial charge on any atom is -0.495 e. The molecule has 0 unspecified atom stereocenters. The topological polar surface area (TPSA) is 67.4 Å². The van der Waals surface area contributed by atoms with Gasteiger partial charge in [-0.15, -0.1) is 0 Å². The van der Waals surface area contributed by atoms with Crippen LogP contribution in [-0.4, -0.2) is 18.9 Å². The molecule has 0 atom stereocenters. The zero-order valence-corrected chi connectivity index (χ0v) is 14.7. The molecule has 0 saturated heterocycles. The largest absolute Gasteiger partial charge is 0.495 e. The van der Waals surface area contributed by atoms with E-state index in [2.05, 4.69) is 10.6 Å². The van der Waals surface area contributed by atoms with Gasteiger partial charge in [0.1, 0.15) is 5.75 Å². The number of carbonyl (C=O) groups is 2. The molecule has 2 N–H and O–H groups in total. The lowest BCUT2D eigenvalue weighted by atomic mass is 10.1. The molecule has 0 spiro atoms. The monoisotopic (exact) mass is 366 g/mol. The maximum atomic E-state index is 12.2. The molecule has 0 aliphatic carbocycles. The third kappa shape index (κ3) is 4.88. The minimum atomic E-state index is -0.238. The molecular formula is C17H16Cl2N2O3. The highest BCUT2D eigenvalue weighted by Gasteiger charge is 2.11. The molecular weight excluding hydrogens is 351 g/mol. The first-order chi connectivity index (χ1) is 11.4. The fraction of sp³-hybridized carbons (Fsp3) is 0.176. The van der Waals surface area contributed by atoms with Gasteiger partial charge in [0.15, 0.2) is 0 Å². The number of carbonyl (C=O) groups excluding carboxylic acids is 2. The van der Waals surface area contributed by atoms with Crippen LogP contribution < -0.4 is 15.4 Å². The van der Waals surface area contributed by atoms with Crippen molar-refractivity contribution in [3.8, 4) is 5.75 Å². The van der Waals surface area contributed by atoms with E-state index in [-0.39, 0.29) is 18.2 Å². The van der Waals surface area contributed by atoms with Gasteiger partial charge < -0.3 is 15.4 Å². The summed E-state index contributed by atoms with van der Waals surface area (Å²) in [6.45, 7) is 1.40. The zero-order chi connectivity index (χ0) is 17.7. The molecule has 0 heterocycles. The smallest absolute Gasteiger partial charge is 0.228 e. The quantitative estimate of drug-likeness (QED) is 0.835. The van der Waals surface area contributed by atoms with Crippen molar-refractivity contribution in [2.75, 3.05) is 17.7 Å². The van der Waals surface area contributed by atoms with Crippen LogP contribution in [0.15, 0.2) is 36.4 Å². The SMILES string of the molecule is COc1ccc(NC(=O)Cc2ccc(Cl)cc2Cl)cc1NC(C)=O. The van der Waals surface area contributed by atoms with Crippen molar-refractivity contribution in [1.82, 2.24) is 0 Å². The second kappa shape index (κ2) is 8.04. The van der Waals surface area contributed by atoms with Crippen LogP contribution in [0.5, 0.6) is 5.75 Å². The molecule has 0 radical (unpaired) electrons. The Morgan fingerprint density at radius 1 is 1.08 bits per heavy atom. The van der Waals surface area contributed by atoms with Gasteiger partial charge in [-0.3, -0.25) is 9.59 Å². The van der Waals surface area contributed by atoms with Crippen LogP contribution in [0.25, 0.3) is 0 Å². The van der Waals surface area contributed by atoms with E-state index in [0.29, 0.717) is 32.7 Å². The second-order valence-electron chi connectivity index (χ2n) is 5.06. The summed E-state index contributed by atoms with van der Waals surface area (Å²) in [5.41, 5.74) is 1.69. The highest BCUT2D eigenvalue weighted by atomic mass is 35.5. The number of amides is 2. The maximum absolute atomic E-state index is 12.2. The van der Waals surface area contributed by atoms with Gasteiger partial charge in [-0.25, -0.2) is 0 Å². The number of rotatable bonds is 5. The molecule has 126 valence electrons. The Kier molecular flexibility index (Phi) is 6.06. The molecule has 0 fully saturated rings. The van der Waals surface area contributed by atoms with Crippen molar-refractivity contribution in [3.63, 3.8) is 0 Å². The first kappa shape index (κ1) is 18.1. The molecule has 2 amide bonds. The first-order valence-corrected chi connectivity index (χ1v) is 7.84. The van der Waals surface area contributed by atoms with E-state index in [4.69, 9.17) is 27.9 Å². The maximum Gasteiger partial charge on any atom is 0.228 e. The average Bonchev–Trinajstić information content (AvgIpc) is 2.50. The number of halogens is 2. The third-order valence-corrected chi connectivity index (χ3v) is 3.75. The van der Waals surface area contributed by atoms with Crippen LogP contribution in [-0.2, 0) is 16.0 Å².